The molecule has 0 aliphatic carbocycles. The van der Waals surface area contributed by atoms with Crippen molar-refractivity contribution in [2.24, 2.45) is 5.92 Å². The molecule has 0 unspecified atom stereocenters. The largest absolute Gasteiger partial charge is 0.420 e. The van der Waals surface area contributed by atoms with E-state index in [1.807, 2.05) is 0 Å². The normalized spacial score (nSPS) is 25.1. The highest BCUT2D eigenvalue weighted by Crippen LogP contribution is 2.42. The first kappa shape index (κ1) is 24.7. The third-order valence-corrected chi connectivity index (χ3v) is 6.45. The first-order valence-electron chi connectivity index (χ1n) is 10.5. The number of benzene rings is 1. The molecular formula is C21H21F7N2O4. The topological polar surface area (TPSA) is 59.1 Å². The van der Waals surface area contributed by atoms with Crippen molar-refractivity contribution in [2.45, 2.75) is 43.5 Å². The molecule has 3 aliphatic rings. The maximum absolute atomic E-state index is 14.0. The van der Waals surface area contributed by atoms with Gasteiger partial charge in [-0.15, -0.1) is 0 Å². The van der Waals surface area contributed by atoms with Crippen LogP contribution in [0.15, 0.2) is 18.2 Å². The number of likely N-dealkylation sites (tertiary alicyclic amines) is 2. The van der Waals surface area contributed by atoms with Crippen molar-refractivity contribution < 1.29 is 49.8 Å². The maximum Gasteiger partial charge on any atom is 0.420 e. The van der Waals surface area contributed by atoms with Gasteiger partial charge in [-0.3, -0.25) is 4.79 Å². The maximum atomic E-state index is 14.0. The van der Waals surface area contributed by atoms with Gasteiger partial charge in [-0.1, -0.05) is 6.07 Å². The molecule has 3 fully saturated rings. The molecule has 0 saturated carbocycles. The summed E-state index contributed by atoms with van der Waals surface area (Å²) in [5, 5.41) is 0. The molecule has 0 bridgehead atoms. The molecule has 2 atom stereocenters. The van der Waals surface area contributed by atoms with Crippen LogP contribution in [0.2, 0.25) is 0 Å². The van der Waals surface area contributed by atoms with Crippen LogP contribution in [0, 0.1) is 11.7 Å². The minimum absolute atomic E-state index is 0.0200. The molecule has 0 aromatic heterocycles. The van der Waals surface area contributed by atoms with Crippen molar-refractivity contribution in [3.63, 3.8) is 0 Å². The van der Waals surface area contributed by atoms with E-state index in [1.54, 1.807) is 0 Å². The second-order valence-corrected chi connectivity index (χ2v) is 8.81. The summed E-state index contributed by atoms with van der Waals surface area (Å²) in [6.45, 7) is -2.12. The van der Waals surface area contributed by atoms with Crippen molar-refractivity contribution in [2.75, 3.05) is 32.8 Å². The second-order valence-electron chi connectivity index (χ2n) is 8.81. The molecular weight excluding hydrogens is 477 g/mol. The summed E-state index contributed by atoms with van der Waals surface area (Å²) >= 11 is 0. The minimum atomic E-state index is -4.90. The van der Waals surface area contributed by atoms with Crippen LogP contribution in [0.25, 0.3) is 0 Å². The first-order chi connectivity index (χ1) is 15.8. The zero-order valence-corrected chi connectivity index (χ0v) is 17.7. The fourth-order valence-electron chi connectivity index (χ4n) is 4.47. The van der Waals surface area contributed by atoms with E-state index in [9.17, 15) is 40.3 Å². The van der Waals surface area contributed by atoms with Gasteiger partial charge in [0.2, 0.25) is 0 Å². The lowest BCUT2D eigenvalue weighted by molar-refractivity contribution is -0.316. The Balaban J connectivity index is 1.39. The van der Waals surface area contributed by atoms with E-state index in [1.165, 1.54) is 4.90 Å². The first-order valence-corrected chi connectivity index (χ1v) is 10.5. The molecule has 3 saturated heterocycles. The number of carbonyl (C=O) groups is 2. The molecule has 3 aliphatic heterocycles. The number of nitrogens with zero attached hydrogens (tertiary/aromatic N) is 2. The lowest BCUT2D eigenvalue weighted by Crippen LogP contribution is -2.73. The lowest BCUT2D eigenvalue weighted by Gasteiger charge is -2.52. The summed E-state index contributed by atoms with van der Waals surface area (Å²) in [5.41, 5.74) is -4.50. The number of urea groups is 1. The monoisotopic (exact) mass is 498 g/mol. The summed E-state index contributed by atoms with van der Waals surface area (Å²) in [6, 6.07) is 0.836. The van der Waals surface area contributed by atoms with Crippen LogP contribution in [-0.2, 0) is 27.1 Å². The number of Topliss-reactive ketones (excluding diaryl/α,β-unsaturated/α-hetero) is 1. The number of halogens is 7. The summed E-state index contributed by atoms with van der Waals surface area (Å²) in [6.07, 6.45) is -9.17. The van der Waals surface area contributed by atoms with Gasteiger partial charge in [0, 0.05) is 31.0 Å². The fourth-order valence-corrected chi connectivity index (χ4v) is 4.47. The Labute approximate surface area is 189 Å². The smallest absolute Gasteiger partial charge is 0.370 e. The number of amides is 2. The molecule has 0 N–H and O–H groups in total. The molecule has 4 rings (SSSR count). The van der Waals surface area contributed by atoms with Crippen molar-refractivity contribution in [3.05, 3.63) is 35.1 Å². The zero-order valence-electron chi connectivity index (χ0n) is 17.7. The number of ketones is 1. The number of fused-ring (bicyclic) bond motifs is 1. The number of alkyl halides is 6. The van der Waals surface area contributed by atoms with Crippen molar-refractivity contribution >= 4 is 11.8 Å². The molecule has 3 heterocycles. The Morgan fingerprint density at radius 2 is 1.85 bits per heavy atom. The van der Waals surface area contributed by atoms with Crippen LogP contribution in [0.1, 0.15) is 24.0 Å². The van der Waals surface area contributed by atoms with Crippen LogP contribution in [0.5, 0.6) is 0 Å². The zero-order chi connectivity index (χ0) is 24.9. The van der Waals surface area contributed by atoms with Gasteiger partial charge in [0.25, 0.3) is 0 Å². The summed E-state index contributed by atoms with van der Waals surface area (Å²) < 4.78 is 104. The number of rotatable bonds is 3. The summed E-state index contributed by atoms with van der Waals surface area (Å²) in [7, 11) is 0. The van der Waals surface area contributed by atoms with E-state index in [4.69, 9.17) is 9.47 Å². The van der Waals surface area contributed by atoms with E-state index in [0.29, 0.717) is 12.5 Å². The van der Waals surface area contributed by atoms with Gasteiger partial charge >= 0.3 is 18.4 Å². The molecule has 0 spiro atoms. The van der Waals surface area contributed by atoms with Crippen molar-refractivity contribution in [3.8, 4) is 0 Å². The van der Waals surface area contributed by atoms with Crippen LogP contribution in [-0.4, -0.2) is 72.3 Å². The average molecular weight is 498 g/mol. The highest BCUT2D eigenvalue weighted by molar-refractivity contribution is 5.81. The van der Waals surface area contributed by atoms with Gasteiger partial charge < -0.3 is 19.3 Å². The van der Waals surface area contributed by atoms with Crippen LogP contribution < -0.4 is 0 Å². The Morgan fingerprint density at radius 3 is 2.47 bits per heavy atom. The van der Waals surface area contributed by atoms with Crippen LogP contribution in [0.3, 0.4) is 0 Å². The average Bonchev–Trinajstić information content (AvgIpc) is 2.71. The third kappa shape index (κ3) is 4.72. The number of carbonyl (C=O) groups excluding carboxylic acids is 2. The van der Waals surface area contributed by atoms with Gasteiger partial charge in [0.1, 0.15) is 12.4 Å². The van der Waals surface area contributed by atoms with E-state index in [2.05, 4.69) is 0 Å². The van der Waals surface area contributed by atoms with E-state index in [-0.39, 0.29) is 50.0 Å². The van der Waals surface area contributed by atoms with E-state index < -0.39 is 60.6 Å². The Kier molecular flexibility index (Phi) is 6.30. The van der Waals surface area contributed by atoms with Crippen molar-refractivity contribution in [1.29, 1.82) is 0 Å². The molecule has 1 aromatic rings. The van der Waals surface area contributed by atoms with Gasteiger partial charge in [-0.2, -0.15) is 26.3 Å². The van der Waals surface area contributed by atoms with E-state index in [0.717, 1.165) is 11.0 Å². The van der Waals surface area contributed by atoms with Crippen LogP contribution >= 0.6 is 0 Å². The minimum Gasteiger partial charge on any atom is -0.370 e. The summed E-state index contributed by atoms with van der Waals surface area (Å²) in [5.74, 6) is -1.66. The predicted molar refractivity (Wildman–Crippen MR) is 101 cm³/mol. The van der Waals surface area contributed by atoms with E-state index >= 15 is 0 Å². The standard InChI is InChI=1S/C21H21F7N2O4/c22-16-6-14(20(23,24)25)2-1-12(16)8-34-19(21(26,27)28)10-30(11-19)18(32)29-4-3-17-13(7-29)5-15(31)9-33-17/h1-2,6,13,17H,3-5,7-11H2/t13-,17+/m1/s1. The number of hydrogen-bond acceptors (Lipinski definition) is 4. The molecule has 188 valence electrons. The number of hydrogen-bond donors (Lipinski definition) is 0. The Bertz CT molecular complexity index is 959. The third-order valence-electron chi connectivity index (χ3n) is 6.45. The van der Waals surface area contributed by atoms with Gasteiger partial charge in [-0.25, -0.2) is 9.18 Å². The summed E-state index contributed by atoms with van der Waals surface area (Å²) in [4.78, 5) is 26.7. The predicted octanol–water partition coefficient (Wildman–Crippen LogP) is 3.78. The van der Waals surface area contributed by atoms with Gasteiger partial charge in [-0.05, 0) is 18.6 Å². The molecule has 6 nitrogen and oxygen atoms in total. The lowest BCUT2D eigenvalue weighted by atomic mass is 9.87. The Hall–Kier alpha value is -2.41. The molecule has 34 heavy (non-hydrogen) atoms. The second kappa shape index (κ2) is 8.67. The molecule has 0 radical (unpaired) electrons. The molecule has 13 heteroatoms. The van der Waals surface area contributed by atoms with Crippen LogP contribution in [0.4, 0.5) is 35.5 Å². The highest BCUT2D eigenvalue weighted by atomic mass is 19.4. The quantitative estimate of drug-likeness (QED) is 0.596. The molecule has 2 amide bonds. The fraction of sp³-hybridized carbons (Fsp3) is 0.619. The number of piperidine rings is 1. The Morgan fingerprint density at radius 1 is 1.15 bits per heavy atom. The number of ether oxygens (including phenoxy) is 2. The van der Waals surface area contributed by atoms with Gasteiger partial charge in [0.15, 0.2) is 11.4 Å². The highest BCUT2D eigenvalue weighted by Gasteiger charge is 2.64. The molecule has 1 aromatic carbocycles. The SMILES string of the molecule is O=C1CO[C@H]2CCN(C(=O)N3CC(OCc4ccc(C(F)(F)F)cc4F)(C(F)(F)F)C3)C[C@H]2C1. The van der Waals surface area contributed by atoms with Gasteiger partial charge in [0.05, 0.1) is 31.4 Å². The van der Waals surface area contributed by atoms with Crippen molar-refractivity contribution in [1.82, 2.24) is 9.80 Å².